The van der Waals surface area contributed by atoms with Crippen LogP contribution in [-0.4, -0.2) is 21.1 Å². The Morgan fingerprint density at radius 3 is 2.53 bits per heavy atom. The van der Waals surface area contributed by atoms with Crippen LogP contribution in [0.5, 0.6) is 5.75 Å². The topological polar surface area (TPSA) is 53.1 Å². The number of hydrogen-bond donors (Lipinski definition) is 0. The van der Waals surface area contributed by atoms with E-state index < -0.39 is 12.0 Å². The van der Waals surface area contributed by atoms with Gasteiger partial charge in [-0.25, -0.2) is 9.97 Å². The Bertz CT molecular complexity index is 1090. The van der Waals surface area contributed by atoms with Crippen molar-refractivity contribution in [2.45, 2.75) is 19.0 Å². The van der Waals surface area contributed by atoms with E-state index in [4.69, 9.17) is 9.15 Å². The normalized spacial score (nSPS) is 11.6. The second-order valence-electron chi connectivity index (χ2n) is 6.56. The minimum atomic E-state index is -4.65. The van der Waals surface area contributed by atoms with E-state index in [1.165, 1.54) is 30.3 Å². The standard InChI is InChI=1S/C22H18F3N3O2/c23-22(24,25)21-27-17(15-28(21)19-10-4-5-12-26-19)20-18(11-14-30-20)29-13-6-9-16-7-2-1-3-8-16/h1-5,7-8,10-12,14-15H,6,9,13H2. The van der Waals surface area contributed by atoms with Crippen molar-refractivity contribution in [2.75, 3.05) is 6.61 Å². The quantitative estimate of drug-likeness (QED) is 0.373. The number of imidazole rings is 1. The van der Waals surface area contributed by atoms with Crippen LogP contribution < -0.4 is 4.74 Å². The number of nitrogens with zero attached hydrogens (tertiary/aromatic N) is 3. The first-order chi connectivity index (χ1) is 14.5. The predicted octanol–water partition coefficient (Wildman–Crippen LogP) is 5.56. The van der Waals surface area contributed by atoms with E-state index in [1.807, 2.05) is 30.3 Å². The van der Waals surface area contributed by atoms with Gasteiger partial charge >= 0.3 is 6.18 Å². The van der Waals surface area contributed by atoms with E-state index in [9.17, 15) is 13.2 Å². The second-order valence-corrected chi connectivity index (χ2v) is 6.56. The number of pyridine rings is 1. The van der Waals surface area contributed by atoms with Crippen molar-refractivity contribution >= 4 is 0 Å². The maximum Gasteiger partial charge on any atom is 0.450 e. The maximum absolute atomic E-state index is 13.5. The Morgan fingerprint density at radius 1 is 1.00 bits per heavy atom. The molecule has 0 aliphatic rings. The molecule has 0 amide bonds. The van der Waals surface area contributed by atoms with Crippen LogP contribution in [0.1, 0.15) is 17.8 Å². The number of aryl methyl sites for hydroxylation is 1. The van der Waals surface area contributed by atoms with Crippen LogP contribution in [0.2, 0.25) is 0 Å². The summed E-state index contributed by atoms with van der Waals surface area (Å²) in [5.74, 6) is -0.472. The van der Waals surface area contributed by atoms with Crippen molar-refractivity contribution in [3.05, 3.63) is 84.6 Å². The van der Waals surface area contributed by atoms with Gasteiger partial charge in [0.2, 0.25) is 5.82 Å². The van der Waals surface area contributed by atoms with E-state index in [-0.39, 0.29) is 17.3 Å². The molecule has 3 aromatic heterocycles. The third-order valence-corrected chi connectivity index (χ3v) is 4.43. The van der Waals surface area contributed by atoms with Crippen molar-refractivity contribution in [1.29, 1.82) is 0 Å². The van der Waals surface area contributed by atoms with Crippen molar-refractivity contribution < 1.29 is 22.3 Å². The first-order valence-corrected chi connectivity index (χ1v) is 9.35. The van der Waals surface area contributed by atoms with Gasteiger partial charge in [-0.3, -0.25) is 4.57 Å². The largest absolute Gasteiger partial charge is 0.489 e. The third kappa shape index (κ3) is 4.37. The highest BCUT2D eigenvalue weighted by atomic mass is 19.4. The van der Waals surface area contributed by atoms with Crippen molar-refractivity contribution in [2.24, 2.45) is 0 Å². The molecule has 8 heteroatoms. The summed E-state index contributed by atoms with van der Waals surface area (Å²) in [6.07, 6.45) is 0.976. The summed E-state index contributed by atoms with van der Waals surface area (Å²) in [6.45, 7) is 0.397. The van der Waals surface area contributed by atoms with Gasteiger partial charge in [0.05, 0.1) is 12.9 Å². The molecule has 0 atom stereocenters. The minimum absolute atomic E-state index is 0.0241. The maximum atomic E-state index is 13.5. The Morgan fingerprint density at radius 2 is 1.80 bits per heavy atom. The molecule has 0 fully saturated rings. The molecule has 0 N–H and O–H groups in total. The van der Waals surface area contributed by atoms with Crippen LogP contribution in [0, 0.1) is 0 Å². The van der Waals surface area contributed by atoms with E-state index in [0.717, 1.165) is 17.4 Å². The average Bonchev–Trinajstić information content (AvgIpc) is 3.39. The van der Waals surface area contributed by atoms with E-state index in [1.54, 1.807) is 18.2 Å². The van der Waals surface area contributed by atoms with Crippen molar-refractivity contribution in [3.63, 3.8) is 0 Å². The summed E-state index contributed by atoms with van der Waals surface area (Å²) in [6, 6.07) is 16.3. The summed E-state index contributed by atoms with van der Waals surface area (Å²) in [5, 5.41) is 0. The van der Waals surface area contributed by atoms with Gasteiger partial charge in [0.1, 0.15) is 11.5 Å². The first kappa shape index (κ1) is 19.8. The molecule has 4 aromatic rings. The average molecular weight is 413 g/mol. The molecule has 0 unspecified atom stereocenters. The first-order valence-electron chi connectivity index (χ1n) is 9.35. The van der Waals surface area contributed by atoms with Gasteiger partial charge < -0.3 is 9.15 Å². The van der Waals surface area contributed by atoms with Gasteiger partial charge in [-0.05, 0) is 30.5 Å². The van der Waals surface area contributed by atoms with E-state index in [2.05, 4.69) is 9.97 Å². The SMILES string of the molecule is FC(F)(F)c1nc(-c2occc2OCCCc2ccccc2)cn1-c1ccccn1. The molecular formula is C22H18F3N3O2. The molecule has 0 aliphatic heterocycles. The van der Waals surface area contributed by atoms with Crippen LogP contribution in [-0.2, 0) is 12.6 Å². The molecule has 0 spiro atoms. The lowest BCUT2D eigenvalue weighted by Gasteiger charge is -2.08. The fraction of sp³-hybridized carbons (Fsp3) is 0.182. The molecule has 0 aliphatic carbocycles. The molecule has 0 radical (unpaired) electrons. The Kier molecular flexibility index (Phi) is 5.56. The van der Waals surface area contributed by atoms with Crippen molar-refractivity contribution in [1.82, 2.24) is 14.5 Å². The second kappa shape index (κ2) is 8.44. The number of benzene rings is 1. The molecule has 0 saturated heterocycles. The lowest BCUT2D eigenvalue weighted by atomic mass is 10.1. The number of halogens is 3. The molecule has 0 bridgehead atoms. The molecule has 4 rings (SSSR count). The number of alkyl halides is 3. The Balaban J connectivity index is 1.54. The van der Waals surface area contributed by atoms with Gasteiger partial charge in [0, 0.05) is 18.5 Å². The van der Waals surface area contributed by atoms with Gasteiger partial charge in [0.25, 0.3) is 0 Å². The molecule has 5 nitrogen and oxygen atoms in total. The lowest BCUT2D eigenvalue weighted by Crippen LogP contribution is -2.14. The summed E-state index contributed by atoms with van der Waals surface area (Å²) >= 11 is 0. The van der Waals surface area contributed by atoms with Crippen LogP contribution >= 0.6 is 0 Å². The smallest absolute Gasteiger partial charge is 0.450 e. The summed E-state index contributed by atoms with van der Waals surface area (Å²) in [5.41, 5.74) is 1.22. The van der Waals surface area contributed by atoms with Gasteiger partial charge in [0.15, 0.2) is 11.5 Å². The zero-order valence-electron chi connectivity index (χ0n) is 15.8. The van der Waals surface area contributed by atoms with Crippen LogP contribution in [0.25, 0.3) is 17.3 Å². The van der Waals surface area contributed by atoms with Crippen LogP contribution in [0.3, 0.4) is 0 Å². The Hall–Kier alpha value is -3.55. The zero-order valence-corrected chi connectivity index (χ0v) is 15.8. The summed E-state index contributed by atoms with van der Waals surface area (Å²) in [7, 11) is 0. The van der Waals surface area contributed by atoms with E-state index >= 15 is 0 Å². The molecule has 30 heavy (non-hydrogen) atoms. The van der Waals surface area contributed by atoms with Gasteiger partial charge in [-0.1, -0.05) is 36.4 Å². The summed E-state index contributed by atoms with van der Waals surface area (Å²) in [4.78, 5) is 7.75. The predicted molar refractivity (Wildman–Crippen MR) is 104 cm³/mol. The molecule has 154 valence electrons. The van der Waals surface area contributed by atoms with Gasteiger partial charge in [-0.2, -0.15) is 13.2 Å². The van der Waals surface area contributed by atoms with Crippen LogP contribution in [0.4, 0.5) is 13.2 Å². The number of hydrogen-bond acceptors (Lipinski definition) is 4. The highest BCUT2D eigenvalue weighted by molar-refractivity contribution is 5.61. The molecular weight excluding hydrogens is 395 g/mol. The summed E-state index contributed by atoms with van der Waals surface area (Å²) < 4.78 is 52.6. The Labute approximate surface area is 170 Å². The fourth-order valence-electron chi connectivity index (χ4n) is 3.06. The lowest BCUT2D eigenvalue weighted by molar-refractivity contribution is -0.145. The highest BCUT2D eigenvalue weighted by Crippen LogP contribution is 2.36. The molecule has 3 heterocycles. The number of furan rings is 1. The number of rotatable bonds is 7. The molecule has 1 aromatic carbocycles. The van der Waals surface area contributed by atoms with Crippen molar-refractivity contribution in [3.8, 4) is 23.0 Å². The zero-order chi connectivity index (χ0) is 21.0. The monoisotopic (exact) mass is 413 g/mol. The van der Waals surface area contributed by atoms with Gasteiger partial charge in [-0.15, -0.1) is 0 Å². The fourth-order valence-corrected chi connectivity index (χ4v) is 3.06. The number of ether oxygens (including phenoxy) is 1. The van der Waals surface area contributed by atoms with E-state index in [0.29, 0.717) is 12.4 Å². The highest BCUT2D eigenvalue weighted by Gasteiger charge is 2.38. The minimum Gasteiger partial charge on any atom is -0.489 e. The number of aromatic nitrogens is 3. The molecule has 0 saturated carbocycles. The third-order valence-electron chi connectivity index (χ3n) is 4.43. The van der Waals surface area contributed by atoms with Crippen LogP contribution in [0.15, 0.2) is 77.7 Å².